The summed E-state index contributed by atoms with van der Waals surface area (Å²) in [5, 5.41) is 22.7. The van der Waals surface area contributed by atoms with Gasteiger partial charge in [-0.05, 0) is 29.0 Å². The average Bonchev–Trinajstić information content (AvgIpc) is 3.16. The smallest absolute Gasteiger partial charge is 0.407 e. The highest BCUT2D eigenvalue weighted by Crippen LogP contribution is 2.15. The first-order chi connectivity index (χ1) is 12.1. The van der Waals surface area contributed by atoms with Gasteiger partial charge in [0.05, 0.1) is 24.3 Å². The van der Waals surface area contributed by atoms with E-state index in [1.165, 1.54) is 29.2 Å². The van der Waals surface area contributed by atoms with Crippen molar-refractivity contribution >= 4 is 12.0 Å². The Hall–Kier alpha value is -3.08. The number of hydrogen-bond donors (Lipinski definition) is 2. The van der Waals surface area contributed by atoms with Crippen LogP contribution in [0.25, 0.3) is 5.82 Å². The third-order valence-electron chi connectivity index (χ3n) is 4.04. The van der Waals surface area contributed by atoms with Gasteiger partial charge in [-0.25, -0.2) is 9.78 Å². The predicted octanol–water partition coefficient (Wildman–Crippen LogP) is -0.446. The van der Waals surface area contributed by atoms with Gasteiger partial charge in [0.1, 0.15) is 6.33 Å². The molecule has 132 valence electrons. The monoisotopic (exact) mass is 347 g/mol. The number of rotatable bonds is 4. The van der Waals surface area contributed by atoms with Crippen LogP contribution in [0.5, 0.6) is 0 Å². The number of carboxylic acid groups (broad SMARTS) is 1. The first-order valence-electron chi connectivity index (χ1n) is 7.59. The lowest BCUT2D eigenvalue weighted by atomic mass is 10.0. The van der Waals surface area contributed by atoms with Gasteiger partial charge < -0.3 is 20.1 Å². The third-order valence-corrected chi connectivity index (χ3v) is 4.04. The normalized spacial score (nSPS) is 20.3. The van der Waals surface area contributed by atoms with Crippen molar-refractivity contribution in [3.63, 3.8) is 0 Å². The zero-order valence-electron chi connectivity index (χ0n) is 13.4. The molecule has 2 N–H and O–H groups in total. The Morgan fingerprint density at radius 1 is 1.40 bits per heavy atom. The second-order valence-electron chi connectivity index (χ2n) is 5.53. The topological polar surface area (TPSA) is 135 Å². The van der Waals surface area contributed by atoms with Crippen LogP contribution in [0.15, 0.2) is 24.7 Å². The summed E-state index contributed by atoms with van der Waals surface area (Å²) in [7, 11) is 1.50. The van der Waals surface area contributed by atoms with Crippen molar-refractivity contribution in [3.05, 3.63) is 30.2 Å². The molecule has 3 rings (SSSR count). The maximum absolute atomic E-state index is 12.4. The van der Waals surface area contributed by atoms with Gasteiger partial charge in [0.15, 0.2) is 5.82 Å². The number of amides is 2. The quantitative estimate of drug-likeness (QED) is 0.759. The Morgan fingerprint density at radius 3 is 2.84 bits per heavy atom. The van der Waals surface area contributed by atoms with E-state index in [0.29, 0.717) is 24.3 Å². The summed E-state index contributed by atoms with van der Waals surface area (Å²) in [6.07, 6.45) is 1.92. The average molecular weight is 347 g/mol. The summed E-state index contributed by atoms with van der Waals surface area (Å²) < 4.78 is 6.71. The van der Waals surface area contributed by atoms with Crippen molar-refractivity contribution in [1.82, 2.24) is 35.4 Å². The lowest BCUT2D eigenvalue weighted by Gasteiger charge is -2.36. The number of nitrogens with zero attached hydrogens (tertiary/aromatic N) is 6. The second-order valence-corrected chi connectivity index (χ2v) is 5.53. The van der Waals surface area contributed by atoms with Gasteiger partial charge in [0, 0.05) is 19.9 Å². The number of piperidine rings is 1. The number of hydrogen-bond acceptors (Lipinski definition) is 7. The van der Waals surface area contributed by atoms with Crippen LogP contribution >= 0.6 is 0 Å². The van der Waals surface area contributed by atoms with E-state index in [4.69, 9.17) is 9.84 Å². The van der Waals surface area contributed by atoms with Crippen LogP contribution in [-0.4, -0.2) is 79.5 Å². The Bertz CT molecular complexity index is 734. The molecule has 1 saturated heterocycles. The minimum absolute atomic E-state index is 0.216. The SMILES string of the molecule is COC1CN(C(=O)O)CCC1NC(=O)c1ccc(-n2cnnn2)nc1. The molecule has 0 radical (unpaired) electrons. The van der Waals surface area contributed by atoms with E-state index in [0.717, 1.165) is 0 Å². The van der Waals surface area contributed by atoms with Gasteiger partial charge in [-0.15, -0.1) is 5.10 Å². The van der Waals surface area contributed by atoms with Crippen LogP contribution in [0.3, 0.4) is 0 Å². The lowest BCUT2D eigenvalue weighted by Crippen LogP contribution is -2.55. The highest BCUT2D eigenvalue weighted by molar-refractivity contribution is 5.94. The number of carbonyl (C=O) groups excluding carboxylic acids is 1. The summed E-state index contributed by atoms with van der Waals surface area (Å²) in [4.78, 5) is 28.9. The molecule has 1 aliphatic heterocycles. The summed E-state index contributed by atoms with van der Waals surface area (Å²) in [6.45, 7) is 0.559. The molecule has 2 amide bonds. The highest BCUT2D eigenvalue weighted by atomic mass is 16.5. The minimum Gasteiger partial charge on any atom is -0.465 e. The van der Waals surface area contributed by atoms with E-state index in [2.05, 4.69) is 25.8 Å². The van der Waals surface area contributed by atoms with Gasteiger partial charge in [-0.2, -0.15) is 4.68 Å². The molecule has 3 heterocycles. The molecule has 11 heteroatoms. The van der Waals surface area contributed by atoms with Crippen molar-refractivity contribution in [2.75, 3.05) is 20.2 Å². The van der Waals surface area contributed by atoms with E-state index < -0.39 is 12.2 Å². The van der Waals surface area contributed by atoms with Crippen LogP contribution in [0.1, 0.15) is 16.8 Å². The number of carbonyl (C=O) groups is 2. The summed E-state index contributed by atoms with van der Waals surface area (Å²) in [5.74, 6) is 0.192. The molecule has 0 aliphatic carbocycles. The molecule has 11 nitrogen and oxygen atoms in total. The number of pyridine rings is 1. The molecule has 2 aromatic rings. The molecular weight excluding hydrogens is 330 g/mol. The standard InChI is InChI=1S/C14H17N7O4/c1-25-11-7-20(14(23)24)5-4-10(11)17-13(22)9-2-3-12(15-6-9)21-8-16-18-19-21/h2-3,6,8,10-11H,4-5,7H2,1H3,(H,17,22)(H,23,24). The number of likely N-dealkylation sites (tertiary alicyclic amines) is 1. The fourth-order valence-electron chi connectivity index (χ4n) is 2.67. The van der Waals surface area contributed by atoms with Crippen molar-refractivity contribution in [2.45, 2.75) is 18.6 Å². The van der Waals surface area contributed by atoms with Gasteiger partial charge in [-0.3, -0.25) is 4.79 Å². The molecule has 0 bridgehead atoms. The number of nitrogens with one attached hydrogen (secondary N) is 1. The molecule has 2 aromatic heterocycles. The molecule has 2 atom stereocenters. The van der Waals surface area contributed by atoms with Crippen LogP contribution in [0.2, 0.25) is 0 Å². The Balaban J connectivity index is 1.64. The van der Waals surface area contributed by atoms with E-state index in [1.807, 2.05) is 0 Å². The second kappa shape index (κ2) is 7.21. The minimum atomic E-state index is -0.991. The van der Waals surface area contributed by atoms with E-state index in [1.54, 1.807) is 12.1 Å². The summed E-state index contributed by atoms with van der Waals surface area (Å²) in [5.41, 5.74) is 0.382. The Labute approximate surface area is 142 Å². The van der Waals surface area contributed by atoms with Crippen LogP contribution in [0, 0.1) is 0 Å². The maximum atomic E-state index is 12.4. The van der Waals surface area contributed by atoms with Crippen molar-refractivity contribution in [3.8, 4) is 5.82 Å². The largest absolute Gasteiger partial charge is 0.465 e. The fraction of sp³-hybridized carbons (Fsp3) is 0.429. The molecule has 1 fully saturated rings. The molecule has 25 heavy (non-hydrogen) atoms. The number of tetrazole rings is 1. The molecule has 0 aromatic carbocycles. The lowest BCUT2D eigenvalue weighted by molar-refractivity contribution is 0.0101. The van der Waals surface area contributed by atoms with Crippen LogP contribution in [0.4, 0.5) is 4.79 Å². The predicted molar refractivity (Wildman–Crippen MR) is 83.2 cm³/mol. The van der Waals surface area contributed by atoms with Crippen molar-refractivity contribution in [2.24, 2.45) is 0 Å². The third kappa shape index (κ3) is 3.71. The maximum Gasteiger partial charge on any atom is 0.407 e. The molecule has 1 aliphatic rings. The zero-order valence-corrected chi connectivity index (χ0v) is 13.4. The molecule has 0 saturated carbocycles. The van der Waals surface area contributed by atoms with E-state index in [9.17, 15) is 9.59 Å². The first-order valence-corrected chi connectivity index (χ1v) is 7.59. The van der Waals surface area contributed by atoms with Gasteiger partial charge >= 0.3 is 6.09 Å². The fourth-order valence-corrected chi connectivity index (χ4v) is 2.67. The Morgan fingerprint density at radius 2 is 2.24 bits per heavy atom. The Kier molecular flexibility index (Phi) is 4.84. The summed E-state index contributed by atoms with van der Waals surface area (Å²) >= 11 is 0. The number of aromatic nitrogens is 5. The number of ether oxygens (including phenoxy) is 1. The van der Waals surface area contributed by atoms with Gasteiger partial charge in [0.25, 0.3) is 5.91 Å². The van der Waals surface area contributed by atoms with Gasteiger partial charge in [0.2, 0.25) is 0 Å². The highest BCUT2D eigenvalue weighted by Gasteiger charge is 2.32. The van der Waals surface area contributed by atoms with Crippen molar-refractivity contribution < 1.29 is 19.4 Å². The zero-order chi connectivity index (χ0) is 17.8. The first kappa shape index (κ1) is 16.8. The summed E-state index contributed by atoms with van der Waals surface area (Å²) in [6, 6.07) is 2.98. The van der Waals surface area contributed by atoms with E-state index in [-0.39, 0.29) is 18.5 Å². The molecular formula is C14H17N7O4. The van der Waals surface area contributed by atoms with Crippen LogP contribution in [-0.2, 0) is 4.74 Å². The van der Waals surface area contributed by atoms with E-state index >= 15 is 0 Å². The van der Waals surface area contributed by atoms with Crippen LogP contribution < -0.4 is 5.32 Å². The van der Waals surface area contributed by atoms with Crippen molar-refractivity contribution in [1.29, 1.82) is 0 Å². The molecule has 2 unspecified atom stereocenters. The van der Waals surface area contributed by atoms with Gasteiger partial charge in [-0.1, -0.05) is 0 Å². The number of methoxy groups -OCH3 is 1. The molecule has 0 spiro atoms.